The van der Waals surface area contributed by atoms with Crippen molar-refractivity contribution >= 4 is 15.9 Å². The molecule has 0 aromatic heterocycles. The van der Waals surface area contributed by atoms with E-state index in [0.717, 1.165) is 25.7 Å². The summed E-state index contributed by atoms with van der Waals surface area (Å²) in [4.78, 5) is 14.2. The van der Waals surface area contributed by atoms with Crippen LogP contribution in [0.1, 0.15) is 39.5 Å². The Morgan fingerprint density at radius 3 is 2.16 bits per heavy atom. The topological polar surface area (TPSA) is 57.7 Å². The number of nitrogens with zero attached hydrogens (tertiary/aromatic N) is 2. The monoisotopic (exact) mass is 290 g/mol. The lowest BCUT2D eigenvalue weighted by Crippen LogP contribution is -2.51. The summed E-state index contributed by atoms with van der Waals surface area (Å²) in [6.45, 7) is 6.07. The van der Waals surface area contributed by atoms with Crippen LogP contribution in [0.5, 0.6) is 0 Å². The zero-order valence-electron chi connectivity index (χ0n) is 12.3. The first-order valence-electron chi connectivity index (χ1n) is 7.14. The van der Waals surface area contributed by atoms with Crippen molar-refractivity contribution in [2.45, 2.75) is 39.5 Å². The Balaban J connectivity index is 2.52. The predicted octanol–water partition coefficient (Wildman–Crippen LogP) is 1.31. The van der Waals surface area contributed by atoms with Gasteiger partial charge in [0.05, 0.1) is 6.26 Å². The number of sulfonamides is 1. The van der Waals surface area contributed by atoms with E-state index >= 15 is 0 Å². The van der Waals surface area contributed by atoms with Crippen LogP contribution in [0.15, 0.2) is 0 Å². The zero-order chi connectivity index (χ0) is 14.5. The van der Waals surface area contributed by atoms with Crippen molar-refractivity contribution < 1.29 is 13.2 Å². The minimum absolute atomic E-state index is 0.102. The van der Waals surface area contributed by atoms with Crippen LogP contribution < -0.4 is 0 Å². The lowest BCUT2D eigenvalue weighted by molar-refractivity contribution is -0.137. The van der Waals surface area contributed by atoms with Gasteiger partial charge in [0.25, 0.3) is 0 Å². The molecule has 0 radical (unpaired) electrons. The van der Waals surface area contributed by atoms with Gasteiger partial charge in [0.1, 0.15) is 0 Å². The lowest BCUT2D eigenvalue weighted by atomic mass is 9.97. The van der Waals surface area contributed by atoms with E-state index in [4.69, 9.17) is 0 Å². The van der Waals surface area contributed by atoms with Crippen molar-refractivity contribution in [3.63, 3.8) is 0 Å². The minimum atomic E-state index is -3.12. The van der Waals surface area contributed by atoms with Gasteiger partial charge in [-0.05, 0) is 12.8 Å². The number of carbonyl (C=O) groups excluding carboxylic acids is 1. The van der Waals surface area contributed by atoms with Gasteiger partial charge in [0, 0.05) is 32.1 Å². The number of rotatable bonds is 6. The molecule has 0 aliphatic carbocycles. The Labute approximate surface area is 117 Å². The summed E-state index contributed by atoms with van der Waals surface area (Å²) in [6, 6.07) is 0. The third-order valence-electron chi connectivity index (χ3n) is 3.77. The molecule has 0 N–H and O–H groups in total. The van der Waals surface area contributed by atoms with E-state index in [1.807, 2.05) is 11.8 Å². The van der Waals surface area contributed by atoms with E-state index in [1.165, 1.54) is 10.6 Å². The maximum Gasteiger partial charge on any atom is 0.225 e. The fraction of sp³-hybridized carbons (Fsp3) is 0.923. The van der Waals surface area contributed by atoms with Gasteiger partial charge in [-0.3, -0.25) is 4.79 Å². The molecule has 6 heteroatoms. The molecule has 1 rings (SSSR count). The summed E-state index contributed by atoms with van der Waals surface area (Å²) in [5, 5.41) is 0. The molecule has 1 heterocycles. The fourth-order valence-corrected chi connectivity index (χ4v) is 3.28. The standard InChI is InChI=1S/C13H26N2O3S/c1-4-6-7-12(5-2)13(16)14-8-10-15(11-9-14)19(3,17)18/h12H,4-11H2,1-3H3. The Morgan fingerprint density at radius 1 is 1.16 bits per heavy atom. The molecule has 112 valence electrons. The number of carbonyl (C=O) groups is 1. The highest BCUT2D eigenvalue weighted by Crippen LogP contribution is 2.17. The molecule has 0 aromatic rings. The molecular formula is C13H26N2O3S. The molecule has 1 amide bonds. The molecule has 1 aliphatic heterocycles. The average molecular weight is 290 g/mol. The van der Waals surface area contributed by atoms with Gasteiger partial charge in [-0.1, -0.05) is 26.7 Å². The van der Waals surface area contributed by atoms with E-state index in [1.54, 1.807) is 0 Å². The second-order valence-electron chi connectivity index (χ2n) is 5.23. The van der Waals surface area contributed by atoms with Gasteiger partial charge in [-0.25, -0.2) is 8.42 Å². The molecule has 1 fully saturated rings. The van der Waals surface area contributed by atoms with E-state index in [9.17, 15) is 13.2 Å². The highest BCUT2D eigenvalue weighted by Gasteiger charge is 2.28. The van der Waals surface area contributed by atoms with Crippen molar-refractivity contribution in [2.24, 2.45) is 5.92 Å². The number of hydrogen-bond acceptors (Lipinski definition) is 3. The molecule has 5 nitrogen and oxygen atoms in total. The second kappa shape index (κ2) is 7.24. The molecule has 1 unspecified atom stereocenters. The SMILES string of the molecule is CCCCC(CC)C(=O)N1CCN(S(C)(=O)=O)CC1. The summed E-state index contributed by atoms with van der Waals surface area (Å²) in [5.74, 6) is 0.300. The second-order valence-corrected chi connectivity index (χ2v) is 7.22. The first-order chi connectivity index (χ1) is 8.90. The first-order valence-corrected chi connectivity index (χ1v) is 8.98. The average Bonchev–Trinajstić information content (AvgIpc) is 2.38. The van der Waals surface area contributed by atoms with Gasteiger partial charge in [-0.15, -0.1) is 0 Å². The zero-order valence-corrected chi connectivity index (χ0v) is 13.1. The summed E-state index contributed by atoms with van der Waals surface area (Å²) >= 11 is 0. The molecule has 1 aliphatic rings. The Bertz CT molecular complexity index is 387. The molecule has 0 spiro atoms. The molecule has 19 heavy (non-hydrogen) atoms. The molecule has 1 atom stereocenters. The Hall–Kier alpha value is -0.620. The summed E-state index contributed by atoms with van der Waals surface area (Å²) in [6.07, 6.45) is 5.21. The number of hydrogen-bond donors (Lipinski definition) is 0. The Kier molecular flexibility index (Phi) is 6.26. The highest BCUT2D eigenvalue weighted by molar-refractivity contribution is 7.88. The lowest BCUT2D eigenvalue weighted by Gasteiger charge is -2.35. The number of amides is 1. The van der Waals surface area contributed by atoms with Crippen LogP contribution in [0.3, 0.4) is 0 Å². The molecule has 1 saturated heterocycles. The Morgan fingerprint density at radius 2 is 1.74 bits per heavy atom. The van der Waals surface area contributed by atoms with Gasteiger partial charge in [-0.2, -0.15) is 4.31 Å². The van der Waals surface area contributed by atoms with E-state index in [0.29, 0.717) is 26.2 Å². The maximum atomic E-state index is 12.3. The third kappa shape index (κ3) is 4.76. The summed E-state index contributed by atoms with van der Waals surface area (Å²) in [5.41, 5.74) is 0. The molecule has 0 bridgehead atoms. The fourth-order valence-electron chi connectivity index (χ4n) is 2.45. The van der Waals surface area contributed by atoms with Crippen LogP contribution in [0.4, 0.5) is 0 Å². The predicted molar refractivity (Wildman–Crippen MR) is 76.3 cm³/mol. The van der Waals surface area contributed by atoms with E-state index in [-0.39, 0.29) is 11.8 Å². The van der Waals surface area contributed by atoms with Crippen LogP contribution >= 0.6 is 0 Å². The molecule has 0 aromatic carbocycles. The van der Waals surface area contributed by atoms with Crippen LogP contribution in [-0.4, -0.2) is 56.0 Å². The number of piperazine rings is 1. The van der Waals surface area contributed by atoms with Crippen LogP contribution in [0.25, 0.3) is 0 Å². The van der Waals surface area contributed by atoms with Crippen molar-refractivity contribution in [2.75, 3.05) is 32.4 Å². The van der Waals surface area contributed by atoms with Gasteiger partial charge in [0.2, 0.25) is 15.9 Å². The molecule has 0 saturated carbocycles. The highest BCUT2D eigenvalue weighted by atomic mass is 32.2. The van der Waals surface area contributed by atoms with Gasteiger partial charge >= 0.3 is 0 Å². The maximum absolute atomic E-state index is 12.3. The van der Waals surface area contributed by atoms with E-state index in [2.05, 4.69) is 6.92 Å². The largest absolute Gasteiger partial charge is 0.340 e. The van der Waals surface area contributed by atoms with Crippen LogP contribution in [-0.2, 0) is 14.8 Å². The van der Waals surface area contributed by atoms with Crippen LogP contribution in [0, 0.1) is 5.92 Å². The van der Waals surface area contributed by atoms with Crippen molar-refractivity contribution in [1.29, 1.82) is 0 Å². The summed E-state index contributed by atoms with van der Waals surface area (Å²) < 4.78 is 24.3. The third-order valence-corrected chi connectivity index (χ3v) is 5.07. The van der Waals surface area contributed by atoms with Crippen LogP contribution in [0.2, 0.25) is 0 Å². The van der Waals surface area contributed by atoms with Gasteiger partial charge < -0.3 is 4.90 Å². The normalized spacial score (nSPS) is 19.4. The van der Waals surface area contributed by atoms with Gasteiger partial charge in [0.15, 0.2) is 0 Å². The van der Waals surface area contributed by atoms with E-state index < -0.39 is 10.0 Å². The first kappa shape index (κ1) is 16.4. The minimum Gasteiger partial charge on any atom is -0.340 e. The van der Waals surface area contributed by atoms with Crippen molar-refractivity contribution in [1.82, 2.24) is 9.21 Å². The van der Waals surface area contributed by atoms with Crippen molar-refractivity contribution in [3.8, 4) is 0 Å². The summed E-state index contributed by atoms with van der Waals surface area (Å²) in [7, 11) is -3.12. The molecular weight excluding hydrogens is 264 g/mol. The van der Waals surface area contributed by atoms with Crippen molar-refractivity contribution in [3.05, 3.63) is 0 Å². The smallest absolute Gasteiger partial charge is 0.225 e. The quantitative estimate of drug-likeness (QED) is 0.741. The number of unbranched alkanes of at least 4 members (excludes halogenated alkanes) is 1.